The maximum absolute atomic E-state index is 12.1. The molecule has 0 radical (unpaired) electrons. The lowest BCUT2D eigenvalue weighted by Crippen LogP contribution is -2.17. The molecule has 2 heterocycles. The summed E-state index contributed by atoms with van der Waals surface area (Å²) >= 11 is 0. The molecule has 2 aromatic rings. The Balaban J connectivity index is 0.000000230. The molecule has 0 aliphatic carbocycles. The van der Waals surface area contributed by atoms with Crippen LogP contribution in [0.3, 0.4) is 0 Å². The molecule has 2 unspecified atom stereocenters. The number of aliphatic imine (C=N–C) groups is 2. The molecule has 2 aromatic carbocycles. The molecule has 8 heteroatoms. The predicted octanol–water partition coefficient (Wildman–Crippen LogP) is 5.15. The number of nitrogens with zero attached hydrogens (tertiary/aromatic N) is 2. The molecule has 212 valence electrons. The molecule has 0 saturated carbocycles. The van der Waals surface area contributed by atoms with Crippen LogP contribution in [-0.2, 0) is 23.9 Å². The highest BCUT2D eigenvalue weighted by Gasteiger charge is 2.28. The van der Waals surface area contributed by atoms with Crippen LogP contribution >= 0.6 is 0 Å². The number of ether oxygens (including phenoxy) is 2. The largest absolute Gasteiger partial charge is 0.475 e. The van der Waals surface area contributed by atoms with Gasteiger partial charge in [0.2, 0.25) is 11.8 Å². The first-order valence-electron chi connectivity index (χ1n) is 14.3. The Morgan fingerprint density at radius 3 is 1.68 bits per heavy atom. The molecule has 0 N–H and O–H groups in total. The van der Waals surface area contributed by atoms with E-state index in [4.69, 9.17) is 12.2 Å². The number of carbonyl (C=O) groups is 4. The Morgan fingerprint density at radius 1 is 0.850 bits per heavy atom. The molecule has 0 fully saturated rings. The van der Waals surface area contributed by atoms with Crippen molar-refractivity contribution in [2.45, 2.75) is 71.4 Å². The summed E-state index contributed by atoms with van der Waals surface area (Å²) in [6, 6.07) is 14.3. The first-order valence-corrected chi connectivity index (χ1v) is 13.3. The van der Waals surface area contributed by atoms with Crippen molar-refractivity contribution in [1.82, 2.24) is 0 Å². The van der Waals surface area contributed by atoms with Gasteiger partial charge in [0, 0.05) is 41.4 Å². The maximum atomic E-state index is 12.1. The molecular formula is C32H38N2O6. The smallest absolute Gasteiger partial charge is 0.216 e. The monoisotopic (exact) mass is 548 g/mol. The number of carbonyl (C=O) groups excluding carboxylic acids is 4. The minimum Gasteiger partial charge on any atom is -0.475 e. The molecule has 40 heavy (non-hydrogen) atoms. The Hall–Kier alpha value is -3.94. The van der Waals surface area contributed by atoms with Crippen LogP contribution in [0, 0.1) is 5.92 Å². The summed E-state index contributed by atoms with van der Waals surface area (Å²) < 4.78 is 25.1. The standard InChI is InChI=1S/2C16H19NO3/c1-11(19)14(8-9-18)12-4-6-13(7-5-12)15-17-16(2,3)10-20-15;1-11(8-9-18)14(19)12-4-6-13(7-5-12)15-17-16(2,3)10-20-15/h4-7,9,14H,8,10H2,1-3H3;4-7,9,11H,8,10H2,1-3H3/i2*9D. The summed E-state index contributed by atoms with van der Waals surface area (Å²) in [5, 5.41) is 0. The summed E-state index contributed by atoms with van der Waals surface area (Å²) in [6.07, 6.45) is -1.59. The van der Waals surface area contributed by atoms with Gasteiger partial charge in [-0.2, -0.15) is 0 Å². The van der Waals surface area contributed by atoms with Gasteiger partial charge >= 0.3 is 0 Å². The van der Waals surface area contributed by atoms with Crippen molar-refractivity contribution in [2.75, 3.05) is 13.2 Å². The number of Topliss-reactive ketones (excluding diaryl/α,β-unsaturated/α-hetero) is 2. The highest BCUT2D eigenvalue weighted by Crippen LogP contribution is 2.24. The van der Waals surface area contributed by atoms with Crippen LogP contribution in [0.25, 0.3) is 0 Å². The SMILES string of the molecule is [2H]C(=O)CC(C(C)=O)c1ccc(C2=NC(C)(C)CO2)cc1.[2H]C(=O)CC(C)C(=O)c1ccc(C2=NC(C)(C)CO2)cc1. The summed E-state index contributed by atoms with van der Waals surface area (Å²) in [5.74, 6) is -0.0710. The third kappa shape index (κ3) is 8.04. The zero-order valence-corrected chi connectivity index (χ0v) is 23.9. The second kappa shape index (κ2) is 12.9. The second-order valence-corrected chi connectivity index (χ2v) is 11.4. The van der Waals surface area contributed by atoms with E-state index in [0.717, 1.165) is 16.7 Å². The number of ketones is 2. The number of aldehydes is 2. The van der Waals surface area contributed by atoms with Gasteiger partial charge in [-0.25, -0.2) is 9.98 Å². The van der Waals surface area contributed by atoms with Crippen molar-refractivity contribution in [3.63, 3.8) is 0 Å². The van der Waals surface area contributed by atoms with Gasteiger partial charge in [-0.15, -0.1) is 0 Å². The molecule has 0 amide bonds. The van der Waals surface area contributed by atoms with Crippen molar-refractivity contribution in [3.8, 4) is 0 Å². The highest BCUT2D eigenvalue weighted by atomic mass is 16.5. The lowest BCUT2D eigenvalue weighted by molar-refractivity contribution is -0.120. The molecule has 0 aromatic heterocycles. The van der Waals surface area contributed by atoms with Gasteiger partial charge in [0.1, 0.15) is 34.3 Å². The first-order chi connectivity index (χ1) is 19.6. The minimum absolute atomic E-state index is 0.0510. The number of hydrogen-bond donors (Lipinski definition) is 0. The molecule has 0 spiro atoms. The minimum atomic E-state index is -0.732. The van der Waals surface area contributed by atoms with E-state index < -0.39 is 24.4 Å². The van der Waals surface area contributed by atoms with Crippen LogP contribution in [0.1, 0.15) is 90.1 Å². The van der Waals surface area contributed by atoms with Gasteiger partial charge < -0.3 is 19.1 Å². The fraction of sp³-hybridized carbons (Fsp3) is 0.438. The van der Waals surface area contributed by atoms with Crippen molar-refractivity contribution >= 4 is 35.9 Å². The topological polar surface area (TPSA) is 111 Å². The van der Waals surface area contributed by atoms with E-state index in [2.05, 4.69) is 9.98 Å². The molecule has 2 aliphatic rings. The Morgan fingerprint density at radius 2 is 1.30 bits per heavy atom. The first kappa shape index (κ1) is 27.6. The highest BCUT2D eigenvalue weighted by molar-refractivity contribution is 6.00. The summed E-state index contributed by atoms with van der Waals surface area (Å²) in [7, 11) is 0. The van der Waals surface area contributed by atoms with Gasteiger partial charge in [-0.1, -0.05) is 31.2 Å². The Labute approximate surface area is 238 Å². The average molecular weight is 549 g/mol. The van der Waals surface area contributed by atoms with Crippen molar-refractivity contribution < 1.29 is 31.4 Å². The fourth-order valence-corrected chi connectivity index (χ4v) is 4.18. The maximum Gasteiger partial charge on any atom is 0.216 e. The van der Waals surface area contributed by atoms with Crippen LogP contribution in [0.4, 0.5) is 0 Å². The van der Waals surface area contributed by atoms with Crippen LogP contribution in [0.2, 0.25) is 0 Å². The van der Waals surface area contributed by atoms with Crippen LogP contribution in [0.15, 0.2) is 58.5 Å². The Kier molecular flexibility index (Phi) is 8.94. The molecule has 0 bridgehead atoms. The number of rotatable bonds is 10. The molecule has 2 atom stereocenters. The molecule has 0 saturated heterocycles. The molecule has 2 aliphatic heterocycles. The van der Waals surface area contributed by atoms with Crippen molar-refractivity contribution in [2.24, 2.45) is 15.9 Å². The van der Waals surface area contributed by atoms with E-state index >= 15 is 0 Å². The van der Waals surface area contributed by atoms with E-state index in [-0.39, 0.29) is 35.5 Å². The van der Waals surface area contributed by atoms with Crippen molar-refractivity contribution in [1.29, 1.82) is 0 Å². The zero-order chi connectivity index (χ0) is 31.2. The molecule has 4 rings (SSSR count). The summed E-state index contributed by atoms with van der Waals surface area (Å²) in [4.78, 5) is 54.4. The fourth-order valence-electron chi connectivity index (χ4n) is 4.18. The lowest BCUT2D eigenvalue weighted by atomic mass is 9.92. The van der Waals surface area contributed by atoms with Crippen LogP contribution in [0.5, 0.6) is 0 Å². The van der Waals surface area contributed by atoms with Crippen LogP contribution < -0.4 is 0 Å². The van der Waals surface area contributed by atoms with E-state index in [1.54, 1.807) is 43.3 Å². The number of hydrogen-bond acceptors (Lipinski definition) is 8. The Bertz CT molecular complexity index is 1400. The quantitative estimate of drug-likeness (QED) is 0.300. The lowest BCUT2D eigenvalue weighted by Gasteiger charge is -2.11. The number of benzene rings is 2. The third-order valence-corrected chi connectivity index (χ3v) is 6.52. The van der Waals surface area contributed by atoms with E-state index in [1.807, 2.05) is 39.8 Å². The predicted molar refractivity (Wildman–Crippen MR) is 154 cm³/mol. The van der Waals surface area contributed by atoms with E-state index in [1.165, 1.54) is 6.92 Å². The average Bonchev–Trinajstić information content (AvgIpc) is 3.47. The van der Waals surface area contributed by atoms with Crippen molar-refractivity contribution in [3.05, 3.63) is 70.8 Å². The van der Waals surface area contributed by atoms with Gasteiger partial charge in [0.05, 0.1) is 11.1 Å². The van der Waals surface area contributed by atoms with Gasteiger partial charge in [0.15, 0.2) is 5.78 Å². The zero-order valence-electron chi connectivity index (χ0n) is 25.9. The third-order valence-electron chi connectivity index (χ3n) is 6.52. The van der Waals surface area contributed by atoms with Gasteiger partial charge in [-0.3, -0.25) is 9.59 Å². The normalized spacial score (nSPS) is 18.8. The van der Waals surface area contributed by atoms with Gasteiger partial charge in [0.25, 0.3) is 0 Å². The second-order valence-electron chi connectivity index (χ2n) is 11.4. The van der Waals surface area contributed by atoms with E-state index in [9.17, 15) is 19.2 Å². The summed E-state index contributed by atoms with van der Waals surface area (Å²) in [5.41, 5.74) is 2.53. The van der Waals surface area contributed by atoms with Crippen LogP contribution in [-0.4, -0.2) is 60.2 Å². The molecule has 8 nitrogen and oxygen atoms in total. The molecular weight excluding hydrogens is 508 g/mol. The van der Waals surface area contributed by atoms with Gasteiger partial charge in [-0.05, 0) is 64.4 Å². The van der Waals surface area contributed by atoms with E-state index in [0.29, 0.717) is 30.6 Å². The summed E-state index contributed by atoms with van der Waals surface area (Å²) in [6.45, 7) is 12.2.